The quantitative estimate of drug-likeness (QED) is 0.879. The summed E-state index contributed by atoms with van der Waals surface area (Å²) in [5, 5.41) is 0. The van der Waals surface area contributed by atoms with Crippen molar-refractivity contribution in [1.82, 2.24) is 4.72 Å². The molecule has 0 bridgehead atoms. The van der Waals surface area contributed by atoms with E-state index >= 15 is 0 Å². The van der Waals surface area contributed by atoms with Gasteiger partial charge in [-0.05, 0) is 60.6 Å². The van der Waals surface area contributed by atoms with Gasteiger partial charge in [0.25, 0.3) is 0 Å². The lowest BCUT2D eigenvalue weighted by molar-refractivity contribution is -0.118. The average molecular weight is 385 g/mol. The van der Waals surface area contributed by atoms with Gasteiger partial charge in [0, 0.05) is 24.7 Å². The molecular formula is C21H24N2O3S. The minimum absolute atomic E-state index is 0.0706. The number of nitrogens with one attached hydrogen (secondary N) is 1. The first-order valence-electron chi connectivity index (χ1n) is 9.53. The highest BCUT2D eigenvalue weighted by Crippen LogP contribution is 2.33. The number of amides is 1. The molecule has 1 N–H and O–H groups in total. The van der Waals surface area contributed by atoms with Gasteiger partial charge in [-0.1, -0.05) is 31.2 Å². The van der Waals surface area contributed by atoms with Crippen LogP contribution in [0.2, 0.25) is 0 Å². The smallest absolute Gasteiger partial charge is 0.241 e. The van der Waals surface area contributed by atoms with E-state index in [0.717, 1.165) is 36.1 Å². The Balaban J connectivity index is 1.60. The summed E-state index contributed by atoms with van der Waals surface area (Å²) in [6.45, 7) is 2.46. The third-order valence-electron chi connectivity index (χ3n) is 5.53. The van der Waals surface area contributed by atoms with Crippen LogP contribution in [-0.2, 0) is 27.7 Å². The molecule has 6 heteroatoms. The summed E-state index contributed by atoms with van der Waals surface area (Å²) in [7, 11) is -3.62. The molecule has 5 nitrogen and oxygen atoms in total. The van der Waals surface area contributed by atoms with E-state index in [0.29, 0.717) is 19.4 Å². The molecule has 0 radical (unpaired) electrons. The molecule has 2 aromatic rings. The van der Waals surface area contributed by atoms with Crippen LogP contribution in [0, 0.1) is 0 Å². The van der Waals surface area contributed by atoms with Gasteiger partial charge in [0.15, 0.2) is 0 Å². The molecule has 1 atom stereocenters. The molecular weight excluding hydrogens is 360 g/mol. The zero-order chi connectivity index (χ0) is 19.0. The Labute approximate surface area is 160 Å². The van der Waals surface area contributed by atoms with Gasteiger partial charge in [-0.15, -0.1) is 0 Å². The van der Waals surface area contributed by atoms with Gasteiger partial charge < -0.3 is 4.90 Å². The maximum atomic E-state index is 13.0. The number of rotatable bonds is 4. The number of benzene rings is 2. The predicted molar refractivity (Wildman–Crippen MR) is 105 cm³/mol. The second kappa shape index (κ2) is 7.09. The minimum Gasteiger partial charge on any atom is -0.312 e. The lowest BCUT2D eigenvalue weighted by atomic mass is 9.88. The number of carbonyl (C=O) groups excluding carboxylic acids is 1. The number of hydrogen-bond donors (Lipinski definition) is 1. The summed E-state index contributed by atoms with van der Waals surface area (Å²) in [5.41, 5.74) is 4.06. The maximum absolute atomic E-state index is 13.0. The van der Waals surface area contributed by atoms with Crippen molar-refractivity contribution in [2.75, 3.05) is 11.4 Å². The van der Waals surface area contributed by atoms with Crippen molar-refractivity contribution in [3.63, 3.8) is 0 Å². The number of carbonyl (C=O) groups is 1. The van der Waals surface area contributed by atoms with E-state index in [1.807, 2.05) is 25.1 Å². The molecule has 0 aromatic heterocycles. The summed E-state index contributed by atoms with van der Waals surface area (Å²) in [6, 6.07) is 12.9. The fourth-order valence-corrected chi connectivity index (χ4v) is 5.43. The van der Waals surface area contributed by atoms with Crippen LogP contribution >= 0.6 is 0 Å². The second-order valence-corrected chi connectivity index (χ2v) is 8.92. The normalized spacial score (nSPS) is 18.9. The van der Waals surface area contributed by atoms with Crippen molar-refractivity contribution in [1.29, 1.82) is 0 Å². The van der Waals surface area contributed by atoms with Crippen LogP contribution in [0.5, 0.6) is 0 Å². The van der Waals surface area contributed by atoms with Gasteiger partial charge >= 0.3 is 0 Å². The van der Waals surface area contributed by atoms with Crippen molar-refractivity contribution >= 4 is 21.6 Å². The number of anilines is 1. The highest BCUT2D eigenvalue weighted by Gasteiger charge is 2.28. The standard InChI is InChI=1S/C21H24N2O3S/c1-2-21(24)23-13-12-16-14-17(10-11-20(16)23)27(25,26)22-19-9-5-7-15-6-3-4-8-18(15)19/h3-4,6,8,10-11,14,19,22H,2,5,7,9,12-13H2,1H3/t19-/m0/s1. The van der Waals surface area contributed by atoms with E-state index in [9.17, 15) is 13.2 Å². The third kappa shape index (κ3) is 3.39. The van der Waals surface area contributed by atoms with E-state index in [1.165, 1.54) is 5.56 Å². The Bertz CT molecular complexity index is 985. The number of nitrogens with zero attached hydrogens (tertiary/aromatic N) is 1. The van der Waals surface area contributed by atoms with Crippen LogP contribution in [0.1, 0.15) is 48.9 Å². The van der Waals surface area contributed by atoms with Crippen molar-refractivity contribution in [2.45, 2.75) is 50.0 Å². The first-order valence-corrected chi connectivity index (χ1v) is 11.0. The summed E-state index contributed by atoms with van der Waals surface area (Å²) in [6.07, 6.45) is 3.91. The Morgan fingerprint density at radius 1 is 1.15 bits per heavy atom. The zero-order valence-corrected chi connectivity index (χ0v) is 16.3. The zero-order valence-electron chi connectivity index (χ0n) is 15.4. The predicted octanol–water partition coefficient (Wildman–Crippen LogP) is 3.34. The van der Waals surface area contributed by atoms with Crippen molar-refractivity contribution < 1.29 is 13.2 Å². The molecule has 1 heterocycles. The summed E-state index contributed by atoms with van der Waals surface area (Å²) < 4.78 is 28.9. The van der Waals surface area contributed by atoms with Gasteiger partial charge in [0.1, 0.15) is 0 Å². The SMILES string of the molecule is CCC(=O)N1CCc2cc(S(=O)(=O)N[C@H]3CCCc4ccccc43)ccc21. The van der Waals surface area contributed by atoms with Gasteiger partial charge in [-0.3, -0.25) is 4.79 Å². The maximum Gasteiger partial charge on any atom is 0.241 e. The average Bonchev–Trinajstić information content (AvgIpc) is 3.11. The molecule has 0 saturated heterocycles. The Hall–Kier alpha value is -2.18. The van der Waals surface area contributed by atoms with E-state index in [4.69, 9.17) is 0 Å². The van der Waals surface area contributed by atoms with Crippen LogP contribution in [0.3, 0.4) is 0 Å². The second-order valence-electron chi connectivity index (χ2n) is 7.20. The molecule has 142 valence electrons. The van der Waals surface area contributed by atoms with Gasteiger partial charge in [0.2, 0.25) is 15.9 Å². The molecule has 0 fully saturated rings. The molecule has 0 unspecified atom stereocenters. The van der Waals surface area contributed by atoms with Crippen LogP contribution in [-0.4, -0.2) is 20.9 Å². The fourth-order valence-electron chi connectivity index (χ4n) is 4.13. The Morgan fingerprint density at radius 3 is 2.78 bits per heavy atom. The van der Waals surface area contributed by atoms with Crippen LogP contribution in [0.25, 0.3) is 0 Å². The van der Waals surface area contributed by atoms with Crippen LogP contribution < -0.4 is 9.62 Å². The van der Waals surface area contributed by atoms with Crippen LogP contribution in [0.4, 0.5) is 5.69 Å². The molecule has 1 aliphatic carbocycles. The van der Waals surface area contributed by atoms with Gasteiger partial charge in [-0.25, -0.2) is 13.1 Å². The van der Waals surface area contributed by atoms with Crippen molar-refractivity contribution in [2.24, 2.45) is 0 Å². The monoisotopic (exact) mass is 384 g/mol. The molecule has 0 spiro atoms. The van der Waals surface area contributed by atoms with Gasteiger partial charge in [-0.2, -0.15) is 0 Å². The molecule has 4 rings (SSSR count). The minimum atomic E-state index is -3.62. The lowest BCUT2D eigenvalue weighted by Crippen LogP contribution is -2.31. The molecule has 27 heavy (non-hydrogen) atoms. The third-order valence-corrected chi connectivity index (χ3v) is 7.00. The molecule has 0 saturated carbocycles. The number of hydrogen-bond acceptors (Lipinski definition) is 3. The highest BCUT2D eigenvalue weighted by molar-refractivity contribution is 7.89. The first kappa shape index (κ1) is 18.2. The first-order chi connectivity index (χ1) is 13.0. The summed E-state index contributed by atoms with van der Waals surface area (Å²) in [5.74, 6) is 0.0706. The summed E-state index contributed by atoms with van der Waals surface area (Å²) >= 11 is 0. The summed E-state index contributed by atoms with van der Waals surface area (Å²) in [4.78, 5) is 14.1. The van der Waals surface area contributed by atoms with Crippen molar-refractivity contribution in [3.8, 4) is 0 Å². The van der Waals surface area contributed by atoms with Crippen molar-refractivity contribution in [3.05, 3.63) is 59.2 Å². The van der Waals surface area contributed by atoms with E-state index in [2.05, 4.69) is 10.8 Å². The number of aryl methyl sites for hydroxylation is 1. The van der Waals surface area contributed by atoms with Gasteiger partial charge in [0.05, 0.1) is 4.90 Å². The molecule has 2 aliphatic rings. The lowest BCUT2D eigenvalue weighted by Gasteiger charge is -2.26. The molecule has 2 aromatic carbocycles. The molecule has 1 amide bonds. The van der Waals surface area contributed by atoms with E-state index in [1.54, 1.807) is 23.1 Å². The number of sulfonamides is 1. The van der Waals surface area contributed by atoms with E-state index in [-0.39, 0.29) is 16.8 Å². The Kier molecular flexibility index (Phi) is 4.78. The largest absolute Gasteiger partial charge is 0.312 e. The number of fused-ring (bicyclic) bond motifs is 2. The van der Waals surface area contributed by atoms with E-state index < -0.39 is 10.0 Å². The molecule has 1 aliphatic heterocycles. The Morgan fingerprint density at radius 2 is 1.96 bits per heavy atom. The fraction of sp³-hybridized carbons (Fsp3) is 0.381. The van der Waals surface area contributed by atoms with Crippen LogP contribution in [0.15, 0.2) is 47.4 Å². The topological polar surface area (TPSA) is 66.5 Å². The highest BCUT2D eigenvalue weighted by atomic mass is 32.2.